The second-order valence-electron chi connectivity index (χ2n) is 8.11. The van der Waals surface area contributed by atoms with Crippen LogP contribution in [-0.2, 0) is 4.79 Å². The van der Waals surface area contributed by atoms with Crippen LogP contribution in [0.25, 0.3) is 0 Å². The minimum absolute atomic E-state index is 0.131. The first-order chi connectivity index (χ1) is 14.3. The minimum atomic E-state index is -0.649. The average molecular weight is 428 g/mol. The molecular weight excluding hydrogens is 398 g/mol. The predicted molar refractivity (Wildman–Crippen MR) is 123 cm³/mol. The lowest BCUT2D eigenvalue weighted by molar-refractivity contribution is -0.115. The van der Waals surface area contributed by atoms with Crippen LogP contribution < -0.4 is 15.5 Å². The first kappa shape index (κ1) is 22.2. The molecule has 1 aliphatic heterocycles. The van der Waals surface area contributed by atoms with Crippen molar-refractivity contribution in [2.75, 3.05) is 23.3 Å². The third kappa shape index (κ3) is 5.54. The van der Waals surface area contributed by atoms with Gasteiger partial charge in [0.2, 0.25) is 5.91 Å². The second kappa shape index (κ2) is 9.98. The van der Waals surface area contributed by atoms with E-state index in [0.29, 0.717) is 17.2 Å². The van der Waals surface area contributed by atoms with Crippen molar-refractivity contribution in [2.24, 2.45) is 5.92 Å². The molecule has 160 valence electrons. The summed E-state index contributed by atoms with van der Waals surface area (Å²) in [6.45, 7) is 7.68. The average Bonchev–Trinajstić information content (AvgIpc) is 2.75. The standard InChI is InChI=1S/C24H30ClN3O2/c1-16-11-13-28(14-12-16)22-10-9-20(27-23(29)17(2)25)15-21(22)24(30)26-18(3)19-7-5-4-6-8-19/h4-10,15-18H,11-14H2,1-3H3,(H,26,30)(H,27,29)/t17-,18-/m0/s1. The number of carbonyl (C=O) groups excluding carboxylic acids is 2. The zero-order chi connectivity index (χ0) is 21.7. The number of alkyl halides is 1. The predicted octanol–water partition coefficient (Wildman–Crippen LogP) is 4.98. The molecule has 2 aromatic carbocycles. The van der Waals surface area contributed by atoms with E-state index in [-0.39, 0.29) is 17.9 Å². The van der Waals surface area contributed by atoms with Gasteiger partial charge in [-0.2, -0.15) is 0 Å². The van der Waals surface area contributed by atoms with Crippen molar-refractivity contribution < 1.29 is 9.59 Å². The maximum absolute atomic E-state index is 13.3. The van der Waals surface area contributed by atoms with Crippen LogP contribution in [0.3, 0.4) is 0 Å². The van der Waals surface area contributed by atoms with E-state index in [1.807, 2.05) is 49.4 Å². The van der Waals surface area contributed by atoms with Crippen LogP contribution in [0, 0.1) is 5.92 Å². The highest BCUT2D eigenvalue weighted by atomic mass is 35.5. The molecule has 1 fully saturated rings. The number of amides is 2. The van der Waals surface area contributed by atoms with Crippen molar-refractivity contribution in [3.63, 3.8) is 0 Å². The summed E-state index contributed by atoms with van der Waals surface area (Å²) in [7, 11) is 0. The Morgan fingerprint density at radius 3 is 2.37 bits per heavy atom. The molecular formula is C24H30ClN3O2. The molecule has 2 atom stereocenters. The summed E-state index contributed by atoms with van der Waals surface area (Å²) in [6, 6.07) is 15.2. The Hall–Kier alpha value is -2.53. The van der Waals surface area contributed by atoms with Gasteiger partial charge in [0.15, 0.2) is 0 Å². The van der Waals surface area contributed by atoms with Gasteiger partial charge in [-0.1, -0.05) is 37.3 Å². The number of rotatable bonds is 6. The molecule has 30 heavy (non-hydrogen) atoms. The summed E-state index contributed by atoms with van der Waals surface area (Å²) in [5.74, 6) is 0.246. The molecule has 2 amide bonds. The molecule has 1 saturated heterocycles. The fourth-order valence-corrected chi connectivity index (χ4v) is 3.72. The van der Waals surface area contributed by atoms with Crippen LogP contribution in [0.1, 0.15) is 55.6 Å². The normalized spacial score (nSPS) is 16.6. The quantitative estimate of drug-likeness (QED) is 0.639. The van der Waals surface area contributed by atoms with Crippen molar-refractivity contribution >= 4 is 34.8 Å². The monoisotopic (exact) mass is 427 g/mol. The van der Waals surface area contributed by atoms with Crippen molar-refractivity contribution in [3.8, 4) is 0 Å². The van der Waals surface area contributed by atoms with Gasteiger partial charge in [0.05, 0.1) is 11.6 Å². The van der Waals surface area contributed by atoms with Crippen molar-refractivity contribution in [2.45, 2.75) is 45.0 Å². The van der Waals surface area contributed by atoms with E-state index in [4.69, 9.17) is 11.6 Å². The number of nitrogens with one attached hydrogen (secondary N) is 2. The number of hydrogen-bond acceptors (Lipinski definition) is 3. The number of benzene rings is 2. The van der Waals surface area contributed by atoms with Gasteiger partial charge in [-0.3, -0.25) is 9.59 Å². The Balaban J connectivity index is 1.87. The summed E-state index contributed by atoms with van der Waals surface area (Å²) in [4.78, 5) is 27.5. The molecule has 2 aromatic rings. The first-order valence-electron chi connectivity index (χ1n) is 10.5. The second-order valence-corrected chi connectivity index (χ2v) is 8.77. The molecule has 1 aliphatic rings. The Kier molecular flexibility index (Phi) is 7.38. The molecule has 0 spiro atoms. The number of nitrogens with zero attached hydrogens (tertiary/aromatic N) is 1. The van der Waals surface area contributed by atoms with E-state index in [1.165, 1.54) is 0 Å². The highest BCUT2D eigenvalue weighted by Gasteiger charge is 2.23. The van der Waals surface area contributed by atoms with Crippen molar-refractivity contribution in [1.29, 1.82) is 0 Å². The van der Waals surface area contributed by atoms with Crippen molar-refractivity contribution in [1.82, 2.24) is 5.32 Å². The lowest BCUT2D eigenvalue weighted by Crippen LogP contribution is -2.35. The topological polar surface area (TPSA) is 61.4 Å². The summed E-state index contributed by atoms with van der Waals surface area (Å²) in [6.07, 6.45) is 2.20. The third-order valence-electron chi connectivity index (χ3n) is 5.64. The summed E-state index contributed by atoms with van der Waals surface area (Å²) in [5.41, 5.74) is 3.07. The largest absolute Gasteiger partial charge is 0.371 e. The van der Waals surface area contributed by atoms with Gasteiger partial charge in [0.25, 0.3) is 5.91 Å². The molecule has 0 saturated carbocycles. The summed E-state index contributed by atoms with van der Waals surface area (Å²) >= 11 is 5.88. The van der Waals surface area contributed by atoms with Crippen LogP contribution in [0.4, 0.5) is 11.4 Å². The molecule has 5 nitrogen and oxygen atoms in total. The van der Waals surface area contributed by atoms with Gasteiger partial charge >= 0.3 is 0 Å². The highest BCUT2D eigenvalue weighted by molar-refractivity contribution is 6.32. The minimum Gasteiger partial charge on any atom is -0.371 e. The molecule has 1 heterocycles. The molecule has 6 heteroatoms. The lowest BCUT2D eigenvalue weighted by Gasteiger charge is -2.33. The van der Waals surface area contributed by atoms with Crippen LogP contribution in [0.5, 0.6) is 0 Å². The van der Waals surface area contributed by atoms with E-state index < -0.39 is 5.38 Å². The van der Waals surface area contributed by atoms with E-state index in [2.05, 4.69) is 22.5 Å². The fourth-order valence-electron chi connectivity index (χ4n) is 3.66. The molecule has 0 aromatic heterocycles. The maximum atomic E-state index is 13.3. The molecule has 3 rings (SSSR count). The Bertz CT molecular complexity index is 877. The van der Waals surface area contributed by atoms with E-state index >= 15 is 0 Å². The van der Waals surface area contributed by atoms with Crippen LogP contribution in [0.15, 0.2) is 48.5 Å². The maximum Gasteiger partial charge on any atom is 0.253 e. The van der Waals surface area contributed by atoms with Gasteiger partial charge in [-0.25, -0.2) is 0 Å². The summed E-state index contributed by atoms with van der Waals surface area (Å²) in [5, 5.41) is 5.24. The smallest absolute Gasteiger partial charge is 0.253 e. The molecule has 0 aliphatic carbocycles. The van der Waals surface area contributed by atoms with Gasteiger partial charge in [-0.05, 0) is 56.4 Å². The lowest BCUT2D eigenvalue weighted by atomic mass is 9.97. The highest BCUT2D eigenvalue weighted by Crippen LogP contribution is 2.29. The Morgan fingerprint density at radius 2 is 1.73 bits per heavy atom. The summed E-state index contributed by atoms with van der Waals surface area (Å²) < 4.78 is 0. The van der Waals surface area contributed by atoms with E-state index in [9.17, 15) is 9.59 Å². The zero-order valence-electron chi connectivity index (χ0n) is 17.8. The molecule has 0 bridgehead atoms. The van der Waals surface area contributed by atoms with Crippen LogP contribution in [0.2, 0.25) is 0 Å². The SMILES string of the molecule is CC1CCN(c2ccc(NC(=O)[C@H](C)Cl)cc2C(=O)N[C@@H](C)c2ccccc2)CC1. The van der Waals surface area contributed by atoms with Crippen LogP contribution >= 0.6 is 11.6 Å². The number of carbonyl (C=O) groups is 2. The molecule has 2 N–H and O–H groups in total. The zero-order valence-corrected chi connectivity index (χ0v) is 18.6. The number of hydrogen-bond donors (Lipinski definition) is 2. The van der Waals surface area contributed by atoms with Crippen molar-refractivity contribution in [3.05, 3.63) is 59.7 Å². The van der Waals surface area contributed by atoms with Gasteiger partial charge in [0, 0.05) is 24.5 Å². The Morgan fingerprint density at radius 1 is 1.07 bits per heavy atom. The third-order valence-corrected chi connectivity index (χ3v) is 5.84. The molecule has 0 radical (unpaired) electrons. The van der Waals surface area contributed by atoms with Gasteiger partial charge in [0.1, 0.15) is 5.38 Å². The number of halogens is 1. The number of anilines is 2. The van der Waals surface area contributed by atoms with E-state index in [0.717, 1.165) is 37.2 Å². The van der Waals surface area contributed by atoms with Gasteiger partial charge < -0.3 is 15.5 Å². The van der Waals surface area contributed by atoms with Crippen LogP contribution in [-0.4, -0.2) is 30.3 Å². The first-order valence-corrected chi connectivity index (χ1v) is 11.0. The molecule has 0 unspecified atom stereocenters. The fraction of sp³-hybridized carbons (Fsp3) is 0.417. The van der Waals surface area contributed by atoms with E-state index in [1.54, 1.807) is 13.0 Å². The van der Waals surface area contributed by atoms with Gasteiger partial charge in [-0.15, -0.1) is 11.6 Å². The Labute approximate surface area is 183 Å². The number of piperidine rings is 1.